The van der Waals surface area contributed by atoms with Crippen molar-refractivity contribution >= 4 is 11.3 Å². The lowest BCUT2D eigenvalue weighted by atomic mass is 10.1. The number of benzene rings is 1. The molecule has 0 aliphatic carbocycles. The Bertz CT molecular complexity index is 544. The van der Waals surface area contributed by atoms with Crippen LogP contribution in [0.1, 0.15) is 21.6 Å². The van der Waals surface area contributed by atoms with Gasteiger partial charge in [-0.15, -0.1) is 11.3 Å². The van der Waals surface area contributed by atoms with Gasteiger partial charge in [-0.05, 0) is 20.0 Å². The first-order chi connectivity index (χ1) is 9.06. The van der Waals surface area contributed by atoms with Gasteiger partial charge in [-0.3, -0.25) is 4.90 Å². The number of aliphatic hydroxyl groups is 1. The van der Waals surface area contributed by atoms with Gasteiger partial charge in [0.05, 0.1) is 11.1 Å². The predicted octanol–water partition coefficient (Wildman–Crippen LogP) is 2.76. The summed E-state index contributed by atoms with van der Waals surface area (Å²) < 4.78 is 13.5. The van der Waals surface area contributed by atoms with Crippen LogP contribution in [0.5, 0.6) is 0 Å². The fourth-order valence-electron chi connectivity index (χ4n) is 1.95. The maximum Gasteiger partial charge on any atom is 0.129 e. The number of nitrogens with zero attached hydrogens (tertiary/aromatic N) is 2. The number of aryl methyl sites for hydroxylation is 1. The van der Waals surface area contributed by atoms with Crippen LogP contribution in [-0.4, -0.2) is 28.6 Å². The van der Waals surface area contributed by atoms with Crippen LogP contribution in [-0.2, 0) is 6.54 Å². The maximum absolute atomic E-state index is 13.5. The second-order valence-corrected chi connectivity index (χ2v) is 5.90. The zero-order chi connectivity index (χ0) is 13.8. The van der Waals surface area contributed by atoms with Crippen LogP contribution in [0.3, 0.4) is 0 Å². The Morgan fingerprint density at radius 1 is 1.42 bits per heavy atom. The summed E-state index contributed by atoms with van der Waals surface area (Å²) in [7, 11) is 1.90. The summed E-state index contributed by atoms with van der Waals surface area (Å²) in [5.41, 5.74) is 0.342. The highest BCUT2D eigenvalue weighted by atomic mass is 32.1. The van der Waals surface area contributed by atoms with E-state index in [1.165, 1.54) is 6.07 Å². The van der Waals surface area contributed by atoms with E-state index >= 15 is 0 Å². The van der Waals surface area contributed by atoms with Crippen LogP contribution in [0, 0.1) is 12.7 Å². The molecule has 0 aliphatic rings. The van der Waals surface area contributed by atoms with E-state index in [0.717, 1.165) is 9.88 Å². The topological polar surface area (TPSA) is 36.4 Å². The highest BCUT2D eigenvalue weighted by Crippen LogP contribution is 2.19. The lowest BCUT2D eigenvalue weighted by Gasteiger charge is -2.20. The van der Waals surface area contributed by atoms with E-state index in [1.54, 1.807) is 29.5 Å². The zero-order valence-corrected chi connectivity index (χ0v) is 11.8. The van der Waals surface area contributed by atoms with Gasteiger partial charge in [0.2, 0.25) is 0 Å². The molecule has 0 aliphatic heterocycles. The third-order valence-electron chi connectivity index (χ3n) is 2.84. The quantitative estimate of drug-likeness (QED) is 0.915. The molecule has 2 rings (SSSR count). The molecule has 0 radical (unpaired) electrons. The molecular weight excluding hydrogens is 263 g/mol. The van der Waals surface area contributed by atoms with Gasteiger partial charge in [-0.2, -0.15) is 0 Å². The molecule has 1 atom stereocenters. The second-order valence-electron chi connectivity index (χ2n) is 4.58. The molecule has 0 amide bonds. The van der Waals surface area contributed by atoms with Crippen molar-refractivity contribution < 1.29 is 9.50 Å². The van der Waals surface area contributed by atoms with Crippen LogP contribution >= 0.6 is 11.3 Å². The standard InChI is InChI=1S/C14H17FN2OS/c1-10-16-7-11(19-10)8-17(2)9-14(18)12-5-3-4-6-13(12)15/h3-7,14,18H,8-9H2,1-2H3. The number of hydrogen-bond donors (Lipinski definition) is 1. The van der Waals surface area contributed by atoms with Crippen molar-refractivity contribution in [2.75, 3.05) is 13.6 Å². The number of aromatic nitrogens is 1. The Balaban J connectivity index is 1.95. The van der Waals surface area contributed by atoms with Crippen molar-refractivity contribution in [1.29, 1.82) is 0 Å². The summed E-state index contributed by atoms with van der Waals surface area (Å²) >= 11 is 1.63. The summed E-state index contributed by atoms with van der Waals surface area (Å²) in [4.78, 5) is 7.29. The normalized spacial score (nSPS) is 12.9. The van der Waals surface area contributed by atoms with Crippen molar-refractivity contribution in [3.63, 3.8) is 0 Å². The van der Waals surface area contributed by atoms with Gasteiger partial charge in [-0.25, -0.2) is 9.37 Å². The molecule has 1 heterocycles. The van der Waals surface area contributed by atoms with E-state index < -0.39 is 6.10 Å². The summed E-state index contributed by atoms with van der Waals surface area (Å²) in [6, 6.07) is 6.33. The van der Waals surface area contributed by atoms with E-state index in [4.69, 9.17) is 0 Å². The summed E-state index contributed by atoms with van der Waals surface area (Å²) in [5.74, 6) is -0.364. The average molecular weight is 280 g/mol. The molecule has 2 aromatic rings. The molecule has 5 heteroatoms. The highest BCUT2D eigenvalue weighted by Gasteiger charge is 2.15. The summed E-state index contributed by atoms with van der Waals surface area (Å²) in [5, 5.41) is 11.1. The molecule has 1 N–H and O–H groups in total. The smallest absolute Gasteiger partial charge is 0.129 e. The monoisotopic (exact) mass is 280 g/mol. The van der Waals surface area contributed by atoms with Crippen LogP contribution in [0.15, 0.2) is 30.5 Å². The molecule has 102 valence electrons. The fourth-order valence-corrected chi connectivity index (χ4v) is 2.82. The van der Waals surface area contributed by atoms with Crippen LogP contribution in [0.2, 0.25) is 0 Å². The van der Waals surface area contributed by atoms with Gasteiger partial charge >= 0.3 is 0 Å². The summed E-state index contributed by atoms with van der Waals surface area (Å²) in [6.07, 6.45) is 1.02. The SMILES string of the molecule is Cc1ncc(CN(C)CC(O)c2ccccc2F)s1. The first-order valence-corrected chi connectivity index (χ1v) is 6.90. The van der Waals surface area contributed by atoms with E-state index in [9.17, 15) is 9.50 Å². The fraction of sp³-hybridized carbons (Fsp3) is 0.357. The molecule has 1 unspecified atom stereocenters. The Hall–Kier alpha value is -1.30. The maximum atomic E-state index is 13.5. The molecule has 1 aromatic carbocycles. The first kappa shape index (κ1) is 14.1. The van der Waals surface area contributed by atoms with Gasteiger partial charge < -0.3 is 5.11 Å². The van der Waals surface area contributed by atoms with Crippen molar-refractivity contribution in [2.24, 2.45) is 0 Å². The minimum absolute atomic E-state index is 0.342. The predicted molar refractivity (Wildman–Crippen MR) is 74.5 cm³/mol. The lowest BCUT2D eigenvalue weighted by molar-refractivity contribution is 0.121. The van der Waals surface area contributed by atoms with E-state index in [1.807, 2.05) is 25.1 Å². The second kappa shape index (κ2) is 6.23. The van der Waals surface area contributed by atoms with E-state index in [-0.39, 0.29) is 5.82 Å². The molecule has 3 nitrogen and oxygen atoms in total. The van der Waals surface area contributed by atoms with E-state index in [2.05, 4.69) is 4.98 Å². The molecule has 0 spiro atoms. The molecule has 1 aromatic heterocycles. The third-order valence-corrected chi connectivity index (χ3v) is 3.74. The van der Waals surface area contributed by atoms with Crippen molar-refractivity contribution in [1.82, 2.24) is 9.88 Å². The van der Waals surface area contributed by atoms with Gasteiger partial charge in [0.15, 0.2) is 0 Å². The third kappa shape index (κ3) is 3.83. The minimum atomic E-state index is -0.819. The van der Waals surface area contributed by atoms with Crippen molar-refractivity contribution in [3.8, 4) is 0 Å². The van der Waals surface area contributed by atoms with Crippen molar-refractivity contribution in [2.45, 2.75) is 19.6 Å². The van der Waals surface area contributed by atoms with Crippen LogP contribution < -0.4 is 0 Å². The molecule has 19 heavy (non-hydrogen) atoms. The molecule has 0 fully saturated rings. The van der Waals surface area contributed by atoms with Gasteiger partial charge in [0, 0.05) is 29.7 Å². The average Bonchev–Trinajstić information content (AvgIpc) is 2.74. The molecular formula is C14H17FN2OS. The van der Waals surface area contributed by atoms with Gasteiger partial charge in [0.25, 0.3) is 0 Å². The number of thiazole rings is 1. The number of halogens is 1. The largest absolute Gasteiger partial charge is 0.387 e. The van der Waals surface area contributed by atoms with Crippen LogP contribution in [0.4, 0.5) is 4.39 Å². The highest BCUT2D eigenvalue weighted by molar-refractivity contribution is 7.11. The molecule has 0 saturated heterocycles. The lowest BCUT2D eigenvalue weighted by Crippen LogP contribution is -2.24. The van der Waals surface area contributed by atoms with Crippen molar-refractivity contribution in [3.05, 3.63) is 51.7 Å². The first-order valence-electron chi connectivity index (χ1n) is 6.08. The Morgan fingerprint density at radius 3 is 2.79 bits per heavy atom. The van der Waals surface area contributed by atoms with E-state index in [0.29, 0.717) is 18.7 Å². The minimum Gasteiger partial charge on any atom is -0.387 e. The Labute approximate surface area is 116 Å². The number of aliphatic hydroxyl groups excluding tert-OH is 1. The zero-order valence-electron chi connectivity index (χ0n) is 11.0. The Morgan fingerprint density at radius 2 is 2.16 bits per heavy atom. The number of likely N-dealkylation sites (N-methyl/N-ethyl adjacent to an activating group) is 1. The van der Waals surface area contributed by atoms with Gasteiger partial charge in [-0.1, -0.05) is 18.2 Å². The number of hydrogen-bond acceptors (Lipinski definition) is 4. The summed E-state index contributed by atoms with van der Waals surface area (Å²) in [6.45, 7) is 3.05. The Kier molecular flexibility index (Phi) is 4.63. The van der Waals surface area contributed by atoms with Gasteiger partial charge in [0.1, 0.15) is 5.82 Å². The van der Waals surface area contributed by atoms with Crippen LogP contribution in [0.25, 0.3) is 0 Å². The molecule has 0 bridgehead atoms. The number of rotatable bonds is 5. The molecule has 0 saturated carbocycles.